The summed E-state index contributed by atoms with van der Waals surface area (Å²) in [6, 6.07) is 0. The van der Waals surface area contributed by atoms with E-state index in [0.717, 1.165) is 25.7 Å². The molecule has 0 rings (SSSR count). The molecule has 0 fully saturated rings. The number of ether oxygens (including phenoxy) is 1. The van der Waals surface area contributed by atoms with Crippen LogP contribution in [-0.2, 0) is 9.53 Å². The Labute approximate surface area is 91.3 Å². The quantitative estimate of drug-likeness (QED) is 0.475. The topological polar surface area (TPSA) is 66.8 Å². The second-order valence-electron chi connectivity index (χ2n) is 3.92. The highest BCUT2D eigenvalue weighted by atomic mass is 16.5. The Hall–Kier alpha value is -0.610. The minimum atomic E-state index is -0.594. The van der Waals surface area contributed by atoms with Gasteiger partial charge in [-0.2, -0.15) is 0 Å². The van der Waals surface area contributed by atoms with Crippen molar-refractivity contribution < 1.29 is 19.7 Å². The van der Waals surface area contributed by atoms with Gasteiger partial charge in [0.2, 0.25) is 0 Å². The van der Waals surface area contributed by atoms with Gasteiger partial charge in [0.15, 0.2) is 0 Å². The molecule has 15 heavy (non-hydrogen) atoms. The van der Waals surface area contributed by atoms with Gasteiger partial charge < -0.3 is 14.9 Å². The summed E-state index contributed by atoms with van der Waals surface area (Å²) in [4.78, 5) is 10.8. The molecule has 0 heterocycles. The minimum Gasteiger partial charge on any atom is -0.469 e. The third kappa shape index (κ3) is 9.69. The monoisotopic (exact) mass is 218 g/mol. The lowest BCUT2D eigenvalue weighted by Crippen LogP contribution is -2.14. The largest absolute Gasteiger partial charge is 0.469 e. The molecular formula is C11H22O4. The molecule has 0 spiro atoms. The first-order valence-corrected chi connectivity index (χ1v) is 5.49. The summed E-state index contributed by atoms with van der Waals surface area (Å²) >= 11 is 0. The minimum absolute atomic E-state index is 0.0763. The van der Waals surface area contributed by atoms with Gasteiger partial charge in [0.25, 0.3) is 0 Å². The number of rotatable bonds is 8. The number of methoxy groups -OCH3 is 1. The molecule has 0 aliphatic rings. The number of carbonyl (C=O) groups excluding carboxylic acids is 1. The van der Waals surface area contributed by atoms with Gasteiger partial charge in [0.05, 0.1) is 25.7 Å². The smallest absolute Gasteiger partial charge is 0.308 e. The predicted molar refractivity (Wildman–Crippen MR) is 57.4 cm³/mol. The summed E-state index contributed by atoms with van der Waals surface area (Å²) in [5, 5.41) is 18.4. The molecule has 0 amide bonds. The van der Waals surface area contributed by atoms with Crippen molar-refractivity contribution in [1.29, 1.82) is 0 Å². The molecule has 90 valence electrons. The summed E-state index contributed by atoms with van der Waals surface area (Å²) < 4.78 is 4.45. The van der Waals surface area contributed by atoms with Crippen LogP contribution in [-0.4, -0.2) is 35.5 Å². The number of aliphatic hydroxyl groups excluding tert-OH is 2. The maximum atomic E-state index is 10.8. The van der Waals surface area contributed by atoms with E-state index in [1.54, 1.807) is 6.92 Å². The van der Waals surface area contributed by atoms with Crippen LogP contribution in [0.5, 0.6) is 0 Å². The average molecular weight is 218 g/mol. The molecule has 0 bridgehead atoms. The van der Waals surface area contributed by atoms with Gasteiger partial charge in [-0.05, 0) is 19.8 Å². The summed E-state index contributed by atoms with van der Waals surface area (Å²) in [5.41, 5.74) is 0. The molecule has 0 saturated carbocycles. The van der Waals surface area contributed by atoms with Gasteiger partial charge in [0, 0.05) is 0 Å². The van der Waals surface area contributed by atoms with Crippen LogP contribution in [0.4, 0.5) is 0 Å². The molecule has 2 unspecified atom stereocenters. The molecule has 0 aromatic carbocycles. The Morgan fingerprint density at radius 2 is 1.80 bits per heavy atom. The number of hydrogen-bond acceptors (Lipinski definition) is 4. The summed E-state index contributed by atoms with van der Waals surface area (Å²) in [7, 11) is 1.32. The standard InChI is InChI=1S/C11H22O4/c1-9(12)6-4-3-5-7-10(13)8-11(14)15-2/h9-10,12-13H,3-8H2,1-2H3. The van der Waals surface area contributed by atoms with Crippen LogP contribution in [0.3, 0.4) is 0 Å². The molecule has 0 radical (unpaired) electrons. The highest BCUT2D eigenvalue weighted by molar-refractivity contribution is 5.69. The summed E-state index contributed by atoms with van der Waals surface area (Å²) in [6.07, 6.45) is 3.47. The lowest BCUT2D eigenvalue weighted by molar-refractivity contribution is -0.142. The molecule has 4 heteroatoms. The number of aliphatic hydroxyl groups is 2. The maximum Gasteiger partial charge on any atom is 0.308 e. The highest BCUT2D eigenvalue weighted by Crippen LogP contribution is 2.09. The van der Waals surface area contributed by atoms with Crippen molar-refractivity contribution in [3.63, 3.8) is 0 Å². The zero-order valence-electron chi connectivity index (χ0n) is 9.61. The van der Waals surface area contributed by atoms with E-state index in [0.29, 0.717) is 6.42 Å². The zero-order chi connectivity index (χ0) is 11.7. The van der Waals surface area contributed by atoms with E-state index in [2.05, 4.69) is 4.74 Å². The van der Waals surface area contributed by atoms with Crippen LogP contribution < -0.4 is 0 Å². The van der Waals surface area contributed by atoms with E-state index in [1.807, 2.05) is 0 Å². The molecule has 2 atom stereocenters. The lowest BCUT2D eigenvalue weighted by Gasteiger charge is -2.09. The van der Waals surface area contributed by atoms with Gasteiger partial charge in [0.1, 0.15) is 0 Å². The van der Waals surface area contributed by atoms with E-state index >= 15 is 0 Å². The second kappa shape index (κ2) is 8.68. The number of esters is 1. The third-order valence-electron chi connectivity index (χ3n) is 2.29. The first-order chi connectivity index (χ1) is 7.06. The third-order valence-corrected chi connectivity index (χ3v) is 2.29. The Balaban J connectivity index is 3.31. The fraction of sp³-hybridized carbons (Fsp3) is 0.909. The van der Waals surface area contributed by atoms with E-state index in [-0.39, 0.29) is 18.5 Å². The fourth-order valence-electron chi connectivity index (χ4n) is 1.37. The van der Waals surface area contributed by atoms with Crippen molar-refractivity contribution in [2.24, 2.45) is 0 Å². The average Bonchev–Trinajstić information content (AvgIpc) is 2.16. The lowest BCUT2D eigenvalue weighted by atomic mass is 10.1. The van der Waals surface area contributed by atoms with Gasteiger partial charge >= 0.3 is 5.97 Å². The van der Waals surface area contributed by atoms with Crippen molar-refractivity contribution in [2.75, 3.05) is 7.11 Å². The molecule has 0 aliphatic carbocycles. The first kappa shape index (κ1) is 14.4. The van der Waals surface area contributed by atoms with Crippen molar-refractivity contribution >= 4 is 5.97 Å². The Morgan fingerprint density at radius 1 is 1.20 bits per heavy atom. The van der Waals surface area contributed by atoms with Crippen LogP contribution in [0.25, 0.3) is 0 Å². The number of carbonyl (C=O) groups is 1. The predicted octanol–water partition coefficient (Wildman–Crippen LogP) is 1.24. The Bertz CT molecular complexity index is 168. The van der Waals surface area contributed by atoms with Gasteiger partial charge in [-0.3, -0.25) is 4.79 Å². The van der Waals surface area contributed by atoms with Crippen LogP contribution in [0, 0.1) is 0 Å². The molecule has 4 nitrogen and oxygen atoms in total. The molecule has 0 aromatic rings. The van der Waals surface area contributed by atoms with Crippen molar-refractivity contribution in [3.8, 4) is 0 Å². The Kier molecular flexibility index (Phi) is 8.33. The fourth-order valence-corrected chi connectivity index (χ4v) is 1.37. The molecule has 2 N–H and O–H groups in total. The second-order valence-corrected chi connectivity index (χ2v) is 3.92. The summed E-state index contributed by atoms with van der Waals surface area (Å²) in [6.45, 7) is 1.77. The highest BCUT2D eigenvalue weighted by Gasteiger charge is 2.10. The normalized spacial score (nSPS) is 14.7. The van der Waals surface area contributed by atoms with Gasteiger partial charge in [-0.25, -0.2) is 0 Å². The van der Waals surface area contributed by atoms with E-state index in [4.69, 9.17) is 5.11 Å². The van der Waals surface area contributed by atoms with E-state index in [9.17, 15) is 9.90 Å². The first-order valence-electron chi connectivity index (χ1n) is 5.49. The van der Waals surface area contributed by atoms with E-state index < -0.39 is 6.10 Å². The molecule has 0 aliphatic heterocycles. The van der Waals surface area contributed by atoms with Crippen molar-refractivity contribution in [2.45, 2.75) is 57.7 Å². The van der Waals surface area contributed by atoms with E-state index in [1.165, 1.54) is 7.11 Å². The number of unbranched alkanes of at least 4 members (excludes halogenated alkanes) is 2. The van der Waals surface area contributed by atoms with Gasteiger partial charge in [-0.15, -0.1) is 0 Å². The molecule has 0 aromatic heterocycles. The Morgan fingerprint density at radius 3 is 2.33 bits per heavy atom. The van der Waals surface area contributed by atoms with Crippen LogP contribution in [0.15, 0.2) is 0 Å². The number of hydrogen-bond donors (Lipinski definition) is 2. The summed E-state index contributed by atoms with van der Waals surface area (Å²) in [5.74, 6) is -0.369. The van der Waals surface area contributed by atoms with Crippen LogP contribution >= 0.6 is 0 Å². The van der Waals surface area contributed by atoms with Crippen LogP contribution in [0.1, 0.15) is 45.4 Å². The zero-order valence-corrected chi connectivity index (χ0v) is 9.61. The van der Waals surface area contributed by atoms with Crippen molar-refractivity contribution in [1.82, 2.24) is 0 Å². The van der Waals surface area contributed by atoms with Crippen molar-refractivity contribution in [3.05, 3.63) is 0 Å². The molecular weight excluding hydrogens is 196 g/mol. The van der Waals surface area contributed by atoms with Crippen LogP contribution in [0.2, 0.25) is 0 Å². The maximum absolute atomic E-state index is 10.8. The SMILES string of the molecule is COC(=O)CC(O)CCCCCC(C)O. The molecule has 0 saturated heterocycles. The van der Waals surface area contributed by atoms with Gasteiger partial charge in [-0.1, -0.05) is 19.3 Å².